The van der Waals surface area contributed by atoms with Gasteiger partial charge in [0.05, 0.1) is 5.75 Å². The molecule has 0 saturated heterocycles. The number of hydrogen-bond acceptors (Lipinski definition) is 3. The molecule has 2 aromatic carbocycles. The Morgan fingerprint density at radius 2 is 1.42 bits per heavy atom. The summed E-state index contributed by atoms with van der Waals surface area (Å²) < 4.78 is 12.0. The van der Waals surface area contributed by atoms with E-state index in [1.165, 1.54) is 0 Å². The van der Waals surface area contributed by atoms with Gasteiger partial charge in [0.1, 0.15) is 17.0 Å². The van der Waals surface area contributed by atoms with Gasteiger partial charge in [0, 0.05) is 11.6 Å². The Morgan fingerprint density at radius 1 is 0.846 bits per heavy atom. The van der Waals surface area contributed by atoms with Gasteiger partial charge in [-0.2, -0.15) is 5.30 Å². The molecule has 0 unspecified atom stereocenters. The van der Waals surface area contributed by atoms with Gasteiger partial charge in [-0.3, -0.25) is 0 Å². The summed E-state index contributed by atoms with van der Waals surface area (Å²) in [5.41, 5.74) is 0.0862. The smallest absolute Gasteiger partial charge is 0.490 e. The Balaban J connectivity index is 0.00000338. The summed E-state index contributed by atoms with van der Waals surface area (Å²) in [7, 11) is 0.588. The van der Waals surface area contributed by atoms with Crippen LogP contribution in [0.25, 0.3) is 0 Å². The molecule has 134 valence electrons. The molecule has 26 heavy (non-hydrogen) atoms. The summed E-state index contributed by atoms with van der Waals surface area (Å²) in [6.07, 6.45) is 0. The molecular weight excluding hydrogens is 338 g/mol. The number of carbonyl (C=O) groups is 1. The summed E-state index contributed by atoms with van der Waals surface area (Å²) in [5.74, 6) is 1.41. The zero-order valence-electron chi connectivity index (χ0n) is 16.8. The number of rotatable bonds is 5. The second-order valence-electron chi connectivity index (χ2n) is 7.84. The van der Waals surface area contributed by atoms with E-state index in [1.54, 1.807) is 0 Å². The van der Waals surface area contributed by atoms with Crippen molar-refractivity contribution in [1.29, 1.82) is 0 Å². The standard InChI is InChI=1S/C21H26O3P.Li/c1-20(2,3)23-16-12-13-18(17(14-16)24-21(4,5)6)25-19(22)15-10-8-7-9-11-15;/h7-14H,1-6H3;/q-1;+1. The maximum Gasteiger partial charge on any atom is 1.00 e. The van der Waals surface area contributed by atoms with Crippen molar-refractivity contribution >= 4 is 19.4 Å². The van der Waals surface area contributed by atoms with Gasteiger partial charge in [-0.1, -0.05) is 36.4 Å². The summed E-state index contributed by atoms with van der Waals surface area (Å²) in [4.78, 5) is 12.5. The maximum absolute atomic E-state index is 12.5. The molecule has 0 aliphatic heterocycles. The molecule has 0 spiro atoms. The van der Waals surface area contributed by atoms with E-state index in [0.29, 0.717) is 19.9 Å². The van der Waals surface area contributed by atoms with E-state index in [2.05, 4.69) is 0 Å². The predicted molar refractivity (Wildman–Crippen MR) is 105 cm³/mol. The summed E-state index contributed by atoms with van der Waals surface area (Å²) in [6.45, 7) is 12.0. The zero-order valence-corrected chi connectivity index (χ0v) is 17.7. The van der Waals surface area contributed by atoms with Crippen molar-refractivity contribution in [2.24, 2.45) is 0 Å². The third-order valence-corrected chi connectivity index (χ3v) is 4.09. The number of ether oxygens (including phenoxy) is 2. The SMILES string of the molecule is CC(C)(C)Oc1ccc([P-]C(=O)c2ccccc2)c(OC(C)(C)C)c1.[Li+]. The Kier molecular flexibility index (Phi) is 7.97. The molecule has 0 aliphatic rings. The van der Waals surface area contributed by atoms with Crippen LogP contribution in [0.15, 0.2) is 48.5 Å². The van der Waals surface area contributed by atoms with Crippen molar-refractivity contribution in [2.75, 3.05) is 0 Å². The van der Waals surface area contributed by atoms with Crippen molar-refractivity contribution in [1.82, 2.24) is 0 Å². The van der Waals surface area contributed by atoms with E-state index < -0.39 is 0 Å². The maximum atomic E-state index is 12.5. The van der Waals surface area contributed by atoms with Crippen LogP contribution in [0, 0.1) is 0 Å². The van der Waals surface area contributed by atoms with Crippen LogP contribution < -0.4 is 33.6 Å². The molecule has 0 bridgehead atoms. The summed E-state index contributed by atoms with van der Waals surface area (Å²) in [5, 5.41) is 0.838. The first-order valence-corrected chi connectivity index (χ1v) is 9.26. The van der Waals surface area contributed by atoms with Gasteiger partial charge < -0.3 is 22.8 Å². The third-order valence-electron chi connectivity index (χ3n) is 3.01. The molecule has 3 nitrogen and oxygen atoms in total. The molecule has 5 heteroatoms. The van der Waals surface area contributed by atoms with Gasteiger partial charge in [-0.05, 0) is 53.2 Å². The van der Waals surface area contributed by atoms with Crippen LogP contribution in [0.1, 0.15) is 51.9 Å². The molecule has 0 aromatic heterocycles. The van der Waals surface area contributed by atoms with Gasteiger partial charge in [0.25, 0.3) is 0 Å². The number of carbonyl (C=O) groups excluding carboxylic acids is 1. The average Bonchev–Trinajstić information content (AvgIpc) is 2.47. The van der Waals surface area contributed by atoms with Gasteiger partial charge >= 0.3 is 18.9 Å². The molecular formula is C21H26LiO3P. The fourth-order valence-electron chi connectivity index (χ4n) is 2.17. The van der Waals surface area contributed by atoms with Crippen LogP contribution in [0.2, 0.25) is 0 Å². The molecule has 2 aromatic rings. The van der Waals surface area contributed by atoms with Crippen molar-refractivity contribution < 1.29 is 33.1 Å². The second kappa shape index (κ2) is 9.09. The molecule has 0 heterocycles. The van der Waals surface area contributed by atoms with E-state index in [1.807, 2.05) is 90.1 Å². The van der Waals surface area contributed by atoms with E-state index >= 15 is 0 Å². The van der Waals surface area contributed by atoms with E-state index in [4.69, 9.17) is 9.47 Å². The van der Waals surface area contributed by atoms with Crippen LogP contribution in [0.5, 0.6) is 11.5 Å². The first-order valence-electron chi connectivity index (χ1n) is 8.37. The van der Waals surface area contributed by atoms with Crippen LogP contribution in [-0.4, -0.2) is 16.7 Å². The van der Waals surface area contributed by atoms with Gasteiger partial charge in [0.2, 0.25) is 0 Å². The fourth-order valence-corrected chi connectivity index (χ4v) is 3.04. The van der Waals surface area contributed by atoms with Crippen LogP contribution >= 0.6 is 8.58 Å². The Bertz CT molecular complexity index is 731. The van der Waals surface area contributed by atoms with Crippen LogP contribution in [-0.2, 0) is 0 Å². The average molecular weight is 364 g/mol. The molecule has 0 radical (unpaired) electrons. The Hall–Kier alpha value is -1.26. The normalized spacial score (nSPS) is 11.9. The molecule has 0 aliphatic carbocycles. The minimum atomic E-state index is -0.361. The minimum Gasteiger partial charge on any atom is -0.490 e. The first-order chi connectivity index (χ1) is 11.5. The quantitative estimate of drug-likeness (QED) is 0.604. The monoisotopic (exact) mass is 364 g/mol. The van der Waals surface area contributed by atoms with Gasteiger partial charge in [-0.15, -0.1) is 0 Å². The predicted octanol–water partition coefficient (Wildman–Crippen LogP) is 2.46. The van der Waals surface area contributed by atoms with E-state index in [0.717, 1.165) is 11.1 Å². The molecule has 0 saturated carbocycles. The Morgan fingerprint density at radius 3 is 1.96 bits per heavy atom. The van der Waals surface area contributed by atoms with Crippen molar-refractivity contribution in [3.8, 4) is 11.5 Å². The summed E-state index contributed by atoms with van der Waals surface area (Å²) in [6, 6.07) is 15.0. The minimum absolute atomic E-state index is 0. The largest absolute Gasteiger partial charge is 1.00 e. The molecule has 2 rings (SSSR count). The van der Waals surface area contributed by atoms with Gasteiger partial charge in [0.15, 0.2) is 0 Å². The first kappa shape index (κ1) is 22.8. The zero-order chi connectivity index (χ0) is 18.7. The number of benzene rings is 2. The number of hydrogen-bond donors (Lipinski definition) is 0. The summed E-state index contributed by atoms with van der Waals surface area (Å²) >= 11 is 0. The second-order valence-corrected chi connectivity index (χ2v) is 8.95. The van der Waals surface area contributed by atoms with Crippen LogP contribution in [0.3, 0.4) is 0 Å². The van der Waals surface area contributed by atoms with Crippen molar-refractivity contribution in [3.05, 3.63) is 54.1 Å². The van der Waals surface area contributed by atoms with E-state index in [-0.39, 0.29) is 35.6 Å². The third kappa shape index (κ3) is 7.54. The molecule has 0 atom stereocenters. The van der Waals surface area contributed by atoms with Gasteiger partial charge in [-0.25, -0.2) is 0 Å². The van der Waals surface area contributed by atoms with Crippen LogP contribution in [0.4, 0.5) is 0 Å². The van der Waals surface area contributed by atoms with Crippen molar-refractivity contribution in [3.63, 3.8) is 0 Å². The topological polar surface area (TPSA) is 35.5 Å². The molecule has 0 fully saturated rings. The van der Waals surface area contributed by atoms with Crippen molar-refractivity contribution in [2.45, 2.75) is 52.7 Å². The molecule has 0 amide bonds. The van der Waals surface area contributed by atoms with E-state index in [9.17, 15) is 4.79 Å². The fraction of sp³-hybridized carbons (Fsp3) is 0.381. The molecule has 0 N–H and O–H groups in total. The Labute approximate surface area is 170 Å².